The SMILES string of the molecule is Cn1nnc(-c2cccc(NC(=O)CCCCC3CCSS3)c2)n1. The van der Waals surface area contributed by atoms with E-state index in [0.29, 0.717) is 12.2 Å². The second-order valence-electron chi connectivity index (χ2n) is 5.81. The van der Waals surface area contributed by atoms with Crippen molar-refractivity contribution in [3.63, 3.8) is 0 Å². The molecule has 1 unspecified atom stereocenters. The van der Waals surface area contributed by atoms with E-state index in [1.807, 2.05) is 45.9 Å². The molecule has 1 aliphatic heterocycles. The van der Waals surface area contributed by atoms with Crippen molar-refractivity contribution in [1.29, 1.82) is 0 Å². The molecule has 0 saturated carbocycles. The van der Waals surface area contributed by atoms with Gasteiger partial charge < -0.3 is 5.32 Å². The minimum Gasteiger partial charge on any atom is -0.326 e. The van der Waals surface area contributed by atoms with Gasteiger partial charge in [-0.2, -0.15) is 4.80 Å². The molecule has 1 atom stereocenters. The zero-order chi connectivity index (χ0) is 16.8. The van der Waals surface area contributed by atoms with Crippen molar-refractivity contribution < 1.29 is 4.79 Å². The molecule has 1 fully saturated rings. The van der Waals surface area contributed by atoms with Crippen molar-refractivity contribution in [3.8, 4) is 11.4 Å². The van der Waals surface area contributed by atoms with E-state index in [1.165, 1.54) is 23.4 Å². The number of nitrogens with one attached hydrogen (secondary N) is 1. The van der Waals surface area contributed by atoms with Gasteiger partial charge in [0.15, 0.2) is 0 Å². The van der Waals surface area contributed by atoms with Crippen LogP contribution >= 0.6 is 21.6 Å². The number of anilines is 1. The molecular formula is C16H21N5OS2. The number of amides is 1. The highest BCUT2D eigenvalue weighted by molar-refractivity contribution is 8.77. The van der Waals surface area contributed by atoms with Crippen LogP contribution in [0.5, 0.6) is 0 Å². The maximum atomic E-state index is 12.1. The van der Waals surface area contributed by atoms with Crippen LogP contribution in [0.2, 0.25) is 0 Å². The third-order valence-corrected chi connectivity index (χ3v) is 6.83. The van der Waals surface area contributed by atoms with Crippen molar-refractivity contribution in [3.05, 3.63) is 24.3 Å². The maximum absolute atomic E-state index is 12.1. The number of nitrogens with zero attached hydrogens (tertiary/aromatic N) is 4. The van der Waals surface area contributed by atoms with Gasteiger partial charge in [-0.05, 0) is 36.6 Å². The summed E-state index contributed by atoms with van der Waals surface area (Å²) >= 11 is 0. The van der Waals surface area contributed by atoms with Crippen LogP contribution in [0.4, 0.5) is 5.69 Å². The second-order valence-corrected chi connectivity index (χ2v) is 8.59. The topological polar surface area (TPSA) is 72.7 Å². The number of aromatic nitrogens is 4. The van der Waals surface area contributed by atoms with E-state index >= 15 is 0 Å². The molecule has 128 valence electrons. The third-order valence-electron chi connectivity index (χ3n) is 3.82. The smallest absolute Gasteiger partial charge is 0.224 e. The summed E-state index contributed by atoms with van der Waals surface area (Å²) in [5.41, 5.74) is 1.62. The molecule has 1 amide bonds. The molecule has 1 N–H and O–H groups in total. The number of unbranched alkanes of at least 4 members (excludes halogenated alkanes) is 1. The van der Waals surface area contributed by atoms with Gasteiger partial charge >= 0.3 is 0 Å². The summed E-state index contributed by atoms with van der Waals surface area (Å²) in [7, 11) is 5.70. The molecule has 1 aliphatic rings. The van der Waals surface area contributed by atoms with E-state index in [9.17, 15) is 4.79 Å². The number of hydrogen-bond acceptors (Lipinski definition) is 6. The molecule has 1 aromatic carbocycles. The standard InChI is InChI=1S/C16H21N5OS2/c1-21-19-16(18-20-21)12-5-4-6-13(11-12)17-15(22)8-3-2-7-14-9-10-23-24-14/h4-6,11,14H,2-3,7-10H2,1H3,(H,17,22). The first-order valence-corrected chi connectivity index (χ1v) is 10.5. The maximum Gasteiger partial charge on any atom is 0.224 e. The highest BCUT2D eigenvalue weighted by Crippen LogP contribution is 2.39. The van der Waals surface area contributed by atoms with Gasteiger partial charge in [-0.3, -0.25) is 4.79 Å². The van der Waals surface area contributed by atoms with E-state index in [1.54, 1.807) is 7.05 Å². The van der Waals surface area contributed by atoms with Gasteiger partial charge in [-0.15, -0.1) is 10.2 Å². The number of aryl methyl sites for hydroxylation is 1. The monoisotopic (exact) mass is 363 g/mol. The molecule has 0 bridgehead atoms. The predicted molar refractivity (Wildman–Crippen MR) is 99.8 cm³/mol. The number of carbonyl (C=O) groups is 1. The lowest BCUT2D eigenvalue weighted by Gasteiger charge is -2.08. The van der Waals surface area contributed by atoms with E-state index in [2.05, 4.69) is 20.7 Å². The van der Waals surface area contributed by atoms with E-state index < -0.39 is 0 Å². The fraction of sp³-hybridized carbons (Fsp3) is 0.500. The summed E-state index contributed by atoms with van der Waals surface area (Å²) in [4.78, 5) is 13.5. The van der Waals surface area contributed by atoms with Crippen molar-refractivity contribution in [2.45, 2.75) is 37.4 Å². The molecule has 8 heteroatoms. The Labute approximate surface area is 149 Å². The Bertz CT molecular complexity index is 685. The van der Waals surface area contributed by atoms with Crippen LogP contribution in [0.1, 0.15) is 32.1 Å². The van der Waals surface area contributed by atoms with Crippen molar-refractivity contribution in [2.75, 3.05) is 11.1 Å². The lowest BCUT2D eigenvalue weighted by Crippen LogP contribution is -2.11. The number of tetrazole rings is 1. The number of benzene rings is 1. The van der Waals surface area contributed by atoms with Gasteiger partial charge in [-0.1, -0.05) is 40.1 Å². The van der Waals surface area contributed by atoms with Gasteiger partial charge in [0, 0.05) is 28.7 Å². The quantitative estimate of drug-likeness (QED) is 0.599. The second kappa shape index (κ2) is 8.53. The van der Waals surface area contributed by atoms with Crippen LogP contribution in [0.25, 0.3) is 11.4 Å². The largest absolute Gasteiger partial charge is 0.326 e. The molecule has 1 saturated heterocycles. The van der Waals surface area contributed by atoms with Crippen LogP contribution in [0.3, 0.4) is 0 Å². The minimum atomic E-state index is 0.0627. The highest BCUT2D eigenvalue weighted by atomic mass is 33.1. The van der Waals surface area contributed by atoms with Crippen LogP contribution in [0.15, 0.2) is 24.3 Å². The summed E-state index contributed by atoms with van der Waals surface area (Å²) in [6, 6.07) is 7.55. The molecule has 24 heavy (non-hydrogen) atoms. The molecule has 2 aromatic rings. The molecule has 1 aromatic heterocycles. The van der Waals surface area contributed by atoms with Crippen molar-refractivity contribution in [1.82, 2.24) is 20.2 Å². The van der Waals surface area contributed by atoms with E-state index in [0.717, 1.165) is 29.3 Å². The van der Waals surface area contributed by atoms with Gasteiger partial charge in [0.1, 0.15) is 0 Å². The van der Waals surface area contributed by atoms with Crippen LogP contribution in [-0.2, 0) is 11.8 Å². The molecule has 3 rings (SSSR count). The van der Waals surface area contributed by atoms with Crippen LogP contribution < -0.4 is 5.32 Å². The van der Waals surface area contributed by atoms with Crippen LogP contribution in [0, 0.1) is 0 Å². The summed E-state index contributed by atoms with van der Waals surface area (Å²) < 4.78 is 0. The zero-order valence-corrected chi connectivity index (χ0v) is 15.3. The normalized spacial score (nSPS) is 17.1. The Morgan fingerprint density at radius 2 is 2.33 bits per heavy atom. The van der Waals surface area contributed by atoms with E-state index in [4.69, 9.17) is 0 Å². The Morgan fingerprint density at radius 3 is 3.08 bits per heavy atom. The lowest BCUT2D eigenvalue weighted by atomic mass is 10.1. The summed E-state index contributed by atoms with van der Waals surface area (Å²) in [6.07, 6.45) is 5.16. The molecule has 6 nitrogen and oxygen atoms in total. The Morgan fingerprint density at radius 1 is 1.42 bits per heavy atom. The van der Waals surface area contributed by atoms with Gasteiger partial charge in [0.2, 0.25) is 11.7 Å². The third kappa shape index (κ3) is 4.98. The number of hydrogen-bond donors (Lipinski definition) is 1. The lowest BCUT2D eigenvalue weighted by molar-refractivity contribution is -0.116. The Hall–Kier alpha value is -1.54. The molecule has 0 spiro atoms. The predicted octanol–water partition coefficient (Wildman–Crippen LogP) is 3.53. The average Bonchev–Trinajstić information content (AvgIpc) is 3.23. The van der Waals surface area contributed by atoms with Gasteiger partial charge in [-0.25, -0.2) is 0 Å². The Balaban J connectivity index is 1.45. The van der Waals surface area contributed by atoms with Crippen molar-refractivity contribution >= 4 is 33.2 Å². The number of rotatable bonds is 7. The fourth-order valence-corrected chi connectivity index (χ4v) is 5.61. The molecular weight excluding hydrogens is 342 g/mol. The fourth-order valence-electron chi connectivity index (χ4n) is 2.58. The zero-order valence-electron chi connectivity index (χ0n) is 13.6. The summed E-state index contributed by atoms with van der Waals surface area (Å²) in [5.74, 6) is 1.89. The molecule has 2 heterocycles. The van der Waals surface area contributed by atoms with Crippen molar-refractivity contribution in [2.24, 2.45) is 7.05 Å². The average molecular weight is 364 g/mol. The van der Waals surface area contributed by atoms with E-state index in [-0.39, 0.29) is 5.91 Å². The number of carbonyl (C=O) groups excluding carboxylic acids is 1. The molecule has 0 radical (unpaired) electrons. The Kier molecular flexibility index (Phi) is 6.14. The van der Waals surface area contributed by atoms with Crippen LogP contribution in [-0.4, -0.2) is 37.1 Å². The van der Waals surface area contributed by atoms with Gasteiger partial charge in [0.05, 0.1) is 7.05 Å². The van der Waals surface area contributed by atoms with Gasteiger partial charge in [0.25, 0.3) is 0 Å². The highest BCUT2D eigenvalue weighted by Gasteiger charge is 2.15. The molecule has 0 aliphatic carbocycles. The first-order valence-electron chi connectivity index (χ1n) is 8.13. The minimum absolute atomic E-state index is 0.0627. The first-order chi connectivity index (χ1) is 11.7. The summed E-state index contributed by atoms with van der Waals surface area (Å²) in [5, 5.41) is 15.7. The first kappa shape index (κ1) is 17.3. The summed E-state index contributed by atoms with van der Waals surface area (Å²) in [6.45, 7) is 0.